The standard InChI is InChI=1S/C63H43N/c1-2-21-48(22-3-1)63(61-33-12-10-29-59(61)57-27-8-9-28-58(57)60-30-11-13-34-62(60)63)49-23-16-24-52(43-49)64(50-39-35-46(36-40-50)55-31-14-19-44-17-4-6-25-53(44)55)51-41-37-47(38-42-51)56-32-15-20-45-18-5-7-26-54(45)56/h1-43H. The summed E-state index contributed by atoms with van der Waals surface area (Å²) >= 11 is 0. The van der Waals surface area contributed by atoms with Gasteiger partial charge >= 0.3 is 0 Å². The van der Waals surface area contributed by atoms with E-state index in [9.17, 15) is 0 Å². The van der Waals surface area contributed by atoms with Gasteiger partial charge in [-0.2, -0.15) is 0 Å². The maximum atomic E-state index is 2.44. The monoisotopic (exact) mass is 813 g/mol. The number of benzene rings is 11. The third-order valence-electron chi connectivity index (χ3n) is 13.4. The van der Waals surface area contributed by atoms with Crippen LogP contribution in [0.3, 0.4) is 0 Å². The molecular weight excluding hydrogens is 771 g/mol. The quantitative estimate of drug-likeness (QED) is 0.155. The zero-order chi connectivity index (χ0) is 42.5. The molecule has 12 rings (SSSR count). The van der Waals surface area contributed by atoms with Crippen LogP contribution in [0, 0.1) is 0 Å². The maximum absolute atomic E-state index is 2.44. The molecule has 0 bridgehead atoms. The van der Waals surface area contributed by atoms with Crippen LogP contribution in [0.1, 0.15) is 22.3 Å². The van der Waals surface area contributed by atoms with Gasteiger partial charge in [-0.25, -0.2) is 0 Å². The highest BCUT2D eigenvalue weighted by atomic mass is 15.1. The van der Waals surface area contributed by atoms with E-state index in [4.69, 9.17) is 0 Å². The Labute approximate surface area is 374 Å². The number of rotatable bonds is 7. The molecule has 64 heavy (non-hydrogen) atoms. The Kier molecular flexibility index (Phi) is 9.13. The highest BCUT2D eigenvalue weighted by molar-refractivity contribution is 5.99. The lowest BCUT2D eigenvalue weighted by molar-refractivity contribution is 0.751. The van der Waals surface area contributed by atoms with Gasteiger partial charge in [-0.3, -0.25) is 0 Å². The largest absolute Gasteiger partial charge is 0.310 e. The molecule has 0 amide bonds. The van der Waals surface area contributed by atoms with E-state index in [1.165, 1.54) is 88.3 Å². The van der Waals surface area contributed by atoms with E-state index in [2.05, 4.69) is 266 Å². The molecule has 0 heterocycles. The fourth-order valence-electron chi connectivity index (χ4n) is 10.5. The van der Waals surface area contributed by atoms with Crippen LogP contribution < -0.4 is 4.90 Å². The van der Waals surface area contributed by atoms with Crippen LogP contribution in [0.25, 0.3) is 66.1 Å². The maximum Gasteiger partial charge on any atom is 0.0714 e. The third kappa shape index (κ3) is 6.08. The van der Waals surface area contributed by atoms with Crippen LogP contribution in [0.15, 0.2) is 261 Å². The summed E-state index contributed by atoms with van der Waals surface area (Å²) in [5, 5.41) is 4.99. The van der Waals surface area contributed by atoms with E-state index < -0.39 is 5.41 Å². The molecule has 0 fully saturated rings. The smallest absolute Gasteiger partial charge is 0.0714 e. The third-order valence-corrected chi connectivity index (χ3v) is 13.4. The topological polar surface area (TPSA) is 3.24 Å². The molecule has 0 saturated heterocycles. The second kappa shape index (κ2) is 15.6. The SMILES string of the molecule is c1ccc(C2(c3cccc(N(c4ccc(-c5cccc6ccccc56)cc4)c4ccc(-c5cccc6ccccc56)cc4)c3)c3ccccc3-c3ccccc3-c3ccccc32)cc1. The molecule has 0 radical (unpaired) electrons. The lowest BCUT2D eigenvalue weighted by Crippen LogP contribution is -2.32. The van der Waals surface area contributed by atoms with Crippen molar-refractivity contribution >= 4 is 38.6 Å². The van der Waals surface area contributed by atoms with E-state index in [-0.39, 0.29) is 0 Å². The first-order valence-electron chi connectivity index (χ1n) is 22.2. The summed E-state index contributed by atoms with van der Waals surface area (Å²) in [6.07, 6.45) is 0. The molecule has 1 aliphatic carbocycles. The molecule has 1 aliphatic rings. The van der Waals surface area contributed by atoms with Crippen molar-refractivity contribution in [3.8, 4) is 44.5 Å². The molecule has 1 heteroatoms. The molecule has 11 aromatic rings. The summed E-state index contributed by atoms with van der Waals surface area (Å²) in [4.78, 5) is 2.42. The molecule has 0 aromatic heterocycles. The van der Waals surface area contributed by atoms with Crippen molar-refractivity contribution in [2.24, 2.45) is 0 Å². The summed E-state index contributed by atoms with van der Waals surface area (Å²) in [5.74, 6) is 0. The van der Waals surface area contributed by atoms with Gasteiger partial charge < -0.3 is 4.90 Å². The molecule has 0 N–H and O–H groups in total. The average Bonchev–Trinajstić information content (AvgIpc) is 3.48. The van der Waals surface area contributed by atoms with E-state index >= 15 is 0 Å². The Hall–Kier alpha value is -8.26. The van der Waals surface area contributed by atoms with Crippen LogP contribution in [0.2, 0.25) is 0 Å². The summed E-state index contributed by atoms with van der Waals surface area (Å²) in [6, 6.07) is 96.1. The fraction of sp³-hybridized carbons (Fsp3) is 0.0159. The molecular formula is C63H43N. The number of nitrogens with zero attached hydrogens (tertiary/aromatic N) is 1. The molecule has 1 nitrogen and oxygen atoms in total. The Morgan fingerprint density at radius 1 is 0.250 bits per heavy atom. The zero-order valence-corrected chi connectivity index (χ0v) is 35.3. The van der Waals surface area contributed by atoms with Gasteiger partial charge in [0.2, 0.25) is 0 Å². The minimum atomic E-state index is -0.647. The van der Waals surface area contributed by atoms with Crippen molar-refractivity contribution in [2.45, 2.75) is 5.41 Å². The zero-order valence-electron chi connectivity index (χ0n) is 35.3. The molecule has 300 valence electrons. The first-order valence-corrected chi connectivity index (χ1v) is 22.2. The van der Waals surface area contributed by atoms with Crippen molar-refractivity contribution in [1.82, 2.24) is 0 Å². The van der Waals surface area contributed by atoms with E-state index in [1.807, 2.05) is 0 Å². The predicted octanol–water partition coefficient (Wildman–Crippen LogP) is 16.8. The van der Waals surface area contributed by atoms with Gasteiger partial charge in [-0.1, -0.05) is 224 Å². The number of hydrogen-bond acceptors (Lipinski definition) is 1. The Morgan fingerprint density at radius 3 is 1.17 bits per heavy atom. The van der Waals surface area contributed by atoms with Gasteiger partial charge in [-0.05, 0) is 125 Å². The van der Waals surface area contributed by atoms with Crippen LogP contribution in [0.4, 0.5) is 17.1 Å². The number of anilines is 3. The van der Waals surface area contributed by atoms with E-state index in [0.29, 0.717) is 0 Å². The molecule has 0 atom stereocenters. The van der Waals surface area contributed by atoms with E-state index in [1.54, 1.807) is 0 Å². The fourth-order valence-corrected chi connectivity index (χ4v) is 10.5. The molecule has 0 aliphatic heterocycles. The Bertz CT molecular complexity index is 3290. The first-order chi connectivity index (χ1) is 31.8. The number of hydrogen-bond donors (Lipinski definition) is 0. The van der Waals surface area contributed by atoms with Gasteiger partial charge in [-0.15, -0.1) is 0 Å². The average molecular weight is 814 g/mol. The first kappa shape index (κ1) is 37.5. The highest BCUT2D eigenvalue weighted by Gasteiger charge is 2.44. The van der Waals surface area contributed by atoms with Gasteiger partial charge in [0.15, 0.2) is 0 Å². The van der Waals surface area contributed by atoms with Crippen molar-refractivity contribution in [3.63, 3.8) is 0 Å². The van der Waals surface area contributed by atoms with Crippen molar-refractivity contribution in [1.29, 1.82) is 0 Å². The molecule has 0 saturated carbocycles. The molecule has 11 aromatic carbocycles. The van der Waals surface area contributed by atoms with Crippen LogP contribution in [-0.2, 0) is 5.41 Å². The van der Waals surface area contributed by atoms with Gasteiger partial charge in [0.05, 0.1) is 5.41 Å². The van der Waals surface area contributed by atoms with Crippen molar-refractivity contribution in [3.05, 3.63) is 283 Å². The van der Waals surface area contributed by atoms with Crippen molar-refractivity contribution in [2.75, 3.05) is 4.90 Å². The lowest BCUT2D eigenvalue weighted by Gasteiger charge is -2.39. The predicted molar refractivity (Wildman–Crippen MR) is 270 cm³/mol. The highest BCUT2D eigenvalue weighted by Crippen LogP contribution is 2.55. The molecule has 0 unspecified atom stereocenters. The Morgan fingerprint density at radius 2 is 0.641 bits per heavy atom. The summed E-state index contributed by atoms with van der Waals surface area (Å²) < 4.78 is 0. The van der Waals surface area contributed by atoms with Gasteiger partial charge in [0.1, 0.15) is 0 Å². The summed E-state index contributed by atoms with van der Waals surface area (Å²) in [7, 11) is 0. The van der Waals surface area contributed by atoms with Gasteiger partial charge in [0.25, 0.3) is 0 Å². The number of fused-ring (bicyclic) bond motifs is 7. The van der Waals surface area contributed by atoms with Gasteiger partial charge in [0, 0.05) is 17.1 Å². The summed E-state index contributed by atoms with van der Waals surface area (Å²) in [5.41, 5.74) is 17.4. The second-order valence-electron chi connectivity index (χ2n) is 16.8. The lowest BCUT2D eigenvalue weighted by atomic mass is 9.63. The molecule has 0 spiro atoms. The minimum absolute atomic E-state index is 0.647. The minimum Gasteiger partial charge on any atom is -0.310 e. The van der Waals surface area contributed by atoms with Crippen LogP contribution in [-0.4, -0.2) is 0 Å². The van der Waals surface area contributed by atoms with E-state index in [0.717, 1.165) is 17.1 Å². The van der Waals surface area contributed by atoms with Crippen LogP contribution in [0.5, 0.6) is 0 Å². The normalized spacial score (nSPS) is 12.5. The van der Waals surface area contributed by atoms with Crippen LogP contribution >= 0.6 is 0 Å². The Balaban J connectivity index is 1.08. The second-order valence-corrected chi connectivity index (χ2v) is 16.8. The summed E-state index contributed by atoms with van der Waals surface area (Å²) in [6.45, 7) is 0. The van der Waals surface area contributed by atoms with Crippen molar-refractivity contribution < 1.29 is 0 Å².